The Morgan fingerprint density at radius 2 is 1.86 bits per heavy atom. The van der Waals surface area contributed by atoms with Crippen molar-refractivity contribution in [2.75, 3.05) is 26.7 Å². The van der Waals surface area contributed by atoms with E-state index in [1.54, 1.807) is 0 Å². The summed E-state index contributed by atoms with van der Waals surface area (Å²) in [5.41, 5.74) is 1.27. The second kappa shape index (κ2) is 5.66. The van der Waals surface area contributed by atoms with E-state index >= 15 is 0 Å². The summed E-state index contributed by atoms with van der Waals surface area (Å²) in [6.07, 6.45) is 0. The lowest BCUT2D eigenvalue weighted by Crippen LogP contribution is -2.23. The Kier molecular flexibility index (Phi) is 4.47. The molecule has 0 N–H and O–H groups in total. The van der Waals surface area contributed by atoms with Crippen LogP contribution in [0.15, 0.2) is 24.3 Å². The van der Waals surface area contributed by atoms with Crippen molar-refractivity contribution in [3.8, 4) is 5.75 Å². The van der Waals surface area contributed by atoms with Gasteiger partial charge in [-0.05, 0) is 32.6 Å². The molecule has 0 amide bonds. The highest BCUT2D eigenvalue weighted by molar-refractivity contribution is 5.26. The molecular weight excluding hydrogens is 174 g/mol. The third-order valence-corrected chi connectivity index (χ3v) is 2.30. The van der Waals surface area contributed by atoms with E-state index in [0.29, 0.717) is 0 Å². The second-order valence-electron chi connectivity index (χ2n) is 3.56. The average Bonchev–Trinajstić information content (AvgIpc) is 2.21. The zero-order chi connectivity index (χ0) is 10.4. The van der Waals surface area contributed by atoms with Crippen LogP contribution >= 0.6 is 0 Å². The normalized spacial score (nSPS) is 10.6. The van der Waals surface area contributed by atoms with Crippen LogP contribution < -0.4 is 4.74 Å². The standard InChI is InChI=1S/C12H19NO/c1-4-13(3)9-10-14-12-7-5-11(2)6-8-12/h5-8H,4,9-10H2,1-3H3. The van der Waals surface area contributed by atoms with E-state index in [-0.39, 0.29) is 0 Å². The van der Waals surface area contributed by atoms with Crippen molar-refractivity contribution in [3.05, 3.63) is 29.8 Å². The maximum Gasteiger partial charge on any atom is 0.119 e. The third kappa shape index (κ3) is 3.79. The number of rotatable bonds is 5. The number of nitrogens with zero attached hydrogens (tertiary/aromatic N) is 1. The zero-order valence-corrected chi connectivity index (χ0v) is 9.29. The Labute approximate surface area is 86.5 Å². The number of hydrogen-bond donors (Lipinski definition) is 0. The number of aryl methyl sites for hydroxylation is 1. The van der Waals surface area contributed by atoms with Gasteiger partial charge in [-0.1, -0.05) is 24.6 Å². The average molecular weight is 193 g/mol. The summed E-state index contributed by atoms with van der Waals surface area (Å²) in [6.45, 7) is 7.02. The molecule has 2 nitrogen and oxygen atoms in total. The Morgan fingerprint density at radius 1 is 1.21 bits per heavy atom. The van der Waals surface area contributed by atoms with Gasteiger partial charge in [0.05, 0.1) is 0 Å². The van der Waals surface area contributed by atoms with E-state index in [2.05, 4.69) is 37.9 Å². The van der Waals surface area contributed by atoms with Crippen LogP contribution in [0.3, 0.4) is 0 Å². The summed E-state index contributed by atoms with van der Waals surface area (Å²) in [5.74, 6) is 0.958. The molecule has 2 heteroatoms. The molecule has 1 aromatic carbocycles. The summed E-state index contributed by atoms with van der Waals surface area (Å²) < 4.78 is 5.59. The van der Waals surface area contributed by atoms with Crippen molar-refractivity contribution < 1.29 is 4.74 Å². The third-order valence-electron chi connectivity index (χ3n) is 2.30. The van der Waals surface area contributed by atoms with Gasteiger partial charge in [0, 0.05) is 6.54 Å². The smallest absolute Gasteiger partial charge is 0.119 e. The molecule has 0 aliphatic carbocycles. The van der Waals surface area contributed by atoms with Crippen LogP contribution in [0, 0.1) is 6.92 Å². The predicted molar refractivity (Wildman–Crippen MR) is 59.8 cm³/mol. The fourth-order valence-electron chi connectivity index (χ4n) is 1.11. The SMILES string of the molecule is CCN(C)CCOc1ccc(C)cc1. The molecule has 0 unspecified atom stereocenters. The number of likely N-dealkylation sites (N-methyl/N-ethyl adjacent to an activating group) is 1. The molecule has 0 aromatic heterocycles. The molecule has 0 bridgehead atoms. The van der Waals surface area contributed by atoms with Crippen LogP contribution in [0.2, 0.25) is 0 Å². The Balaban J connectivity index is 2.28. The van der Waals surface area contributed by atoms with E-state index in [1.807, 2.05) is 12.1 Å². The highest BCUT2D eigenvalue weighted by atomic mass is 16.5. The first-order chi connectivity index (χ1) is 6.72. The Hall–Kier alpha value is -1.02. The fraction of sp³-hybridized carbons (Fsp3) is 0.500. The van der Waals surface area contributed by atoms with Crippen molar-refractivity contribution in [2.45, 2.75) is 13.8 Å². The van der Waals surface area contributed by atoms with Crippen molar-refractivity contribution in [3.63, 3.8) is 0 Å². The van der Waals surface area contributed by atoms with Crippen molar-refractivity contribution >= 4 is 0 Å². The Morgan fingerprint density at radius 3 is 2.43 bits per heavy atom. The van der Waals surface area contributed by atoms with Crippen LogP contribution in [0.1, 0.15) is 12.5 Å². The summed E-state index contributed by atoms with van der Waals surface area (Å²) >= 11 is 0. The number of ether oxygens (including phenoxy) is 1. The van der Waals surface area contributed by atoms with Crippen molar-refractivity contribution in [1.82, 2.24) is 4.90 Å². The summed E-state index contributed by atoms with van der Waals surface area (Å²) in [4.78, 5) is 2.23. The molecular formula is C12H19NO. The minimum atomic E-state index is 0.757. The first kappa shape index (κ1) is 11.1. The number of benzene rings is 1. The van der Waals surface area contributed by atoms with Gasteiger partial charge < -0.3 is 9.64 Å². The monoisotopic (exact) mass is 193 g/mol. The van der Waals surface area contributed by atoms with Gasteiger partial charge in [0.15, 0.2) is 0 Å². The maximum absolute atomic E-state index is 5.59. The summed E-state index contributed by atoms with van der Waals surface area (Å²) in [6, 6.07) is 8.17. The maximum atomic E-state index is 5.59. The molecule has 0 spiro atoms. The molecule has 0 atom stereocenters. The molecule has 1 aromatic rings. The lowest BCUT2D eigenvalue weighted by molar-refractivity contribution is 0.244. The van der Waals surface area contributed by atoms with Crippen molar-refractivity contribution in [2.24, 2.45) is 0 Å². The topological polar surface area (TPSA) is 12.5 Å². The molecule has 0 aliphatic rings. The van der Waals surface area contributed by atoms with E-state index in [9.17, 15) is 0 Å². The quantitative estimate of drug-likeness (QED) is 0.711. The van der Waals surface area contributed by atoms with Crippen LogP contribution in [0.4, 0.5) is 0 Å². The number of hydrogen-bond acceptors (Lipinski definition) is 2. The minimum Gasteiger partial charge on any atom is -0.492 e. The van der Waals surface area contributed by atoms with Crippen LogP contribution in [-0.2, 0) is 0 Å². The van der Waals surface area contributed by atoms with Gasteiger partial charge in [0.25, 0.3) is 0 Å². The minimum absolute atomic E-state index is 0.757. The van der Waals surface area contributed by atoms with Gasteiger partial charge >= 0.3 is 0 Å². The molecule has 0 saturated heterocycles. The lowest BCUT2D eigenvalue weighted by Gasteiger charge is -2.14. The van der Waals surface area contributed by atoms with Gasteiger partial charge in [-0.3, -0.25) is 0 Å². The molecule has 0 aliphatic heterocycles. The summed E-state index contributed by atoms with van der Waals surface area (Å²) in [7, 11) is 2.10. The zero-order valence-electron chi connectivity index (χ0n) is 9.29. The molecule has 14 heavy (non-hydrogen) atoms. The first-order valence-corrected chi connectivity index (χ1v) is 5.10. The molecule has 78 valence electrons. The van der Waals surface area contributed by atoms with Gasteiger partial charge in [-0.25, -0.2) is 0 Å². The van der Waals surface area contributed by atoms with Gasteiger partial charge in [-0.15, -0.1) is 0 Å². The predicted octanol–water partition coefficient (Wildman–Crippen LogP) is 2.33. The molecule has 0 radical (unpaired) electrons. The van der Waals surface area contributed by atoms with E-state index in [1.165, 1.54) is 5.56 Å². The van der Waals surface area contributed by atoms with E-state index < -0.39 is 0 Å². The van der Waals surface area contributed by atoms with Gasteiger partial charge in [-0.2, -0.15) is 0 Å². The fourth-order valence-corrected chi connectivity index (χ4v) is 1.11. The molecule has 1 rings (SSSR count). The van der Waals surface area contributed by atoms with Crippen molar-refractivity contribution in [1.29, 1.82) is 0 Å². The molecule has 0 heterocycles. The molecule has 0 fully saturated rings. The van der Waals surface area contributed by atoms with Crippen LogP contribution in [0.5, 0.6) is 5.75 Å². The Bertz CT molecular complexity index is 256. The summed E-state index contributed by atoms with van der Waals surface area (Å²) in [5, 5.41) is 0. The lowest BCUT2D eigenvalue weighted by atomic mass is 10.2. The van der Waals surface area contributed by atoms with Gasteiger partial charge in [0.1, 0.15) is 12.4 Å². The van der Waals surface area contributed by atoms with Gasteiger partial charge in [0.2, 0.25) is 0 Å². The second-order valence-corrected chi connectivity index (χ2v) is 3.56. The van der Waals surface area contributed by atoms with Crippen LogP contribution in [0.25, 0.3) is 0 Å². The first-order valence-electron chi connectivity index (χ1n) is 5.10. The highest BCUT2D eigenvalue weighted by Crippen LogP contribution is 2.10. The van der Waals surface area contributed by atoms with Crippen LogP contribution in [-0.4, -0.2) is 31.6 Å². The highest BCUT2D eigenvalue weighted by Gasteiger charge is 1.95. The molecule has 0 saturated carbocycles. The van der Waals surface area contributed by atoms with E-state index in [0.717, 1.165) is 25.4 Å². The van der Waals surface area contributed by atoms with E-state index in [4.69, 9.17) is 4.74 Å². The largest absolute Gasteiger partial charge is 0.492 e.